The molecule has 1 aliphatic rings. The second-order valence-electron chi connectivity index (χ2n) is 6.81. The first-order chi connectivity index (χ1) is 11.6. The van der Waals surface area contributed by atoms with Crippen molar-refractivity contribution in [2.24, 2.45) is 11.8 Å². The number of amides is 1. The summed E-state index contributed by atoms with van der Waals surface area (Å²) < 4.78 is 0. The smallest absolute Gasteiger partial charge is 0.227 e. The van der Waals surface area contributed by atoms with Crippen LogP contribution < -0.4 is 5.32 Å². The molecule has 1 fully saturated rings. The van der Waals surface area contributed by atoms with E-state index in [0.717, 1.165) is 18.5 Å². The van der Waals surface area contributed by atoms with Gasteiger partial charge in [0.15, 0.2) is 0 Å². The van der Waals surface area contributed by atoms with E-state index in [4.69, 9.17) is 11.6 Å². The van der Waals surface area contributed by atoms with Crippen LogP contribution >= 0.6 is 11.6 Å². The molecular formula is C21H24ClNO. The van der Waals surface area contributed by atoms with Crippen LogP contribution in [0, 0.1) is 11.8 Å². The third-order valence-corrected chi connectivity index (χ3v) is 5.53. The van der Waals surface area contributed by atoms with Gasteiger partial charge in [-0.25, -0.2) is 0 Å². The first-order valence-electron chi connectivity index (χ1n) is 8.75. The summed E-state index contributed by atoms with van der Waals surface area (Å²) in [5.41, 5.74) is 2.25. The third-order valence-electron chi connectivity index (χ3n) is 5.28. The number of hydrogen-bond donors (Lipinski definition) is 1. The van der Waals surface area contributed by atoms with Crippen molar-refractivity contribution >= 4 is 23.2 Å². The molecule has 1 atom stereocenters. The molecule has 3 rings (SSSR count). The predicted octanol–water partition coefficient (Wildman–Crippen LogP) is 5.89. The molecule has 1 unspecified atom stereocenters. The van der Waals surface area contributed by atoms with E-state index in [0.29, 0.717) is 16.9 Å². The second kappa shape index (κ2) is 7.85. The van der Waals surface area contributed by atoms with Gasteiger partial charge in [0.05, 0.1) is 0 Å². The van der Waals surface area contributed by atoms with Gasteiger partial charge < -0.3 is 5.32 Å². The number of benzene rings is 2. The van der Waals surface area contributed by atoms with Crippen LogP contribution in [0.3, 0.4) is 0 Å². The largest absolute Gasteiger partial charge is 0.326 e. The number of anilines is 1. The van der Waals surface area contributed by atoms with Crippen LogP contribution in [0.2, 0.25) is 5.02 Å². The van der Waals surface area contributed by atoms with Crippen LogP contribution in [0.25, 0.3) is 0 Å². The van der Waals surface area contributed by atoms with E-state index < -0.39 is 0 Å². The third kappa shape index (κ3) is 4.18. The summed E-state index contributed by atoms with van der Waals surface area (Å²) in [5.74, 6) is 1.27. The zero-order valence-electron chi connectivity index (χ0n) is 14.0. The maximum atomic E-state index is 12.5. The van der Waals surface area contributed by atoms with Crippen LogP contribution in [0.15, 0.2) is 54.6 Å². The Balaban J connectivity index is 1.53. The van der Waals surface area contributed by atoms with Crippen molar-refractivity contribution in [1.82, 2.24) is 0 Å². The fourth-order valence-electron chi connectivity index (χ4n) is 3.68. The van der Waals surface area contributed by atoms with Crippen molar-refractivity contribution in [1.29, 1.82) is 0 Å². The maximum absolute atomic E-state index is 12.5. The van der Waals surface area contributed by atoms with Gasteiger partial charge in [0.1, 0.15) is 0 Å². The summed E-state index contributed by atoms with van der Waals surface area (Å²) in [5, 5.41) is 3.69. The van der Waals surface area contributed by atoms with Gasteiger partial charge in [-0.1, -0.05) is 48.9 Å². The lowest BCUT2D eigenvalue weighted by molar-refractivity contribution is -0.121. The highest BCUT2D eigenvalue weighted by Gasteiger charge is 2.29. The van der Waals surface area contributed by atoms with Gasteiger partial charge >= 0.3 is 0 Å². The molecule has 1 N–H and O–H groups in total. The number of nitrogens with one attached hydrogen (secondary N) is 1. The Labute approximate surface area is 149 Å². The minimum absolute atomic E-state index is 0.0393. The topological polar surface area (TPSA) is 29.1 Å². The summed E-state index contributed by atoms with van der Waals surface area (Å²) >= 11 is 5.88. The Kier molecular flexibility index (Phi) is 5.57. The second-order valence-corrected chi connectivity index (χ2v) is 7.24. The molecule has 0 aliphatic heterocycles. The average molecular weight is 342 g/mol. The molecule has 1 aliphatic carbocycles. The summed E-state index contributed by atoms with van der Waals surface area (Å²) in [4.78, 5) is 12.5. The Morgan fingerprint density at radius 3 is 2.25 bits per heavy atom. The fourth-order valence-corrected chi connectivity index (χ4v) is 3.81. The zero-order chi connectivity index (χ0) is 16.9. The van der Waals surface area contributed by atoms with Gasteiger partial charge in [0, 0.05) is 16.6 Å². The minimum Gasteiger partial charge on any atom is -0.326 e. The lowest BCUT2D eigenvalue weighted by Crippen LogP contribution is -2.29. The van der Waals surface area contributed by atoms with E-state index in [2.05, 4.69) is 42.6 Å². The molecule has 0 radical (unpaired) electrons. The molecule has 2 aromatic carbocycles. The lowest BCUT2D eigenvalue weighted by atomic mass is 9.74. The summed E-state index contributed by atoms with van der Waals surface area (Å²) in [6.45, 7) is 2.05. The molecular weight excluding hydrogens is 318 g/mol. The van der Waals surface area contributed by atoms with E-state index in [9.17, 15) is 4.79 Å². The van der Waals surface area contributed by atoms with Crippen molar-refractivity contribution in [2.45, 2.75) is 38.5 Å². The first-order valence-corrected chi connectivity index (χ1v) is 9.12. The molecule has 1 saturated carbocycles. The molecule has 3 heteroatoms. The van der Waals surface area contributed by atoms with Gasteiger partial charge in [0.25, 0.3) is 0 Å². The van der Waals surface area contributed by atoms with Crippen LogP contribution in [0.4, 0.5) is 5.69 Å². The van der Waals surface area contributed by atoms with Crippen molar-refractivity contribution in [2.75, 3.05) is 5.32 Å². The highest BCUT2D eigenvalue weighted by atomic mass is 35.5. The number of hydrogen-bond acceptors (Lipinski definition) is 1. The summed E-state index contributed by atoms with van der Waals surface area (Å²) in [7, 11) is 0. The standard InChI is InChI=1S/C21H24ClNO/c1-15(21(24)23-20-13-11-19(22)12-14-20)16-7-9-18(10-8-16)17-5-3-2-4-6-17/h2-6,11-16,18H,7-10H2,1H3,(H,23,24)/t15?,16-,18+. The molecule has 2 aromatic rings. The summed E-state index contributed by atoms with van der Waals surface area (Å²) in [6, 6.07) is 18.0. The number of carbonyl (C=O) groups excluding carboxylic acids is 1. The number of halogens is 1. The Hall–Kier alpha value is -1.80. The van der Waals surface area contributed by atoms with Crippen molar-refractivity contribution in [3.63, 3.8) is 0 Å². The van der Waals surface area contributed by atoms with E-state index >= 15 is 0 Å². The van der Waals surface area contributed by atoms with Crippen molar-refractivity contribution < 1.29 is 4.79 Å². The fraction of sp³-hybridized carbons (Fsp3) is 0.381. The summed E-state index contributed by atoms with van der Waals surface area (Å²) in [6.07, 6.45) is 4.59. The molecule has 24 heavy (non-hydrogen) atoms. The highest BCUT2D eigenvalue weighted by Crippen LogP contribution is 2.38. The van der Waals surface area contributed by atoms with E-state index in [-0.39, 0.29) is 11.8 Å². The Bertz CT molecular complexity index is 660. The van der Waals surface area contributed by atoms with Crippen molar-refractivity contribution in [3.8, 4) is 0 Å². The normalized spacial score (nSPS) is 21.9. The van der Waals surface area contributed by atoms with Gasteiger partial charge in [-0.2, -0.15) is 0 Å². The average Bonchev–Trinajstić information content (AvgIpc) is 2.64. The van der Waals surface area contributed by atoms with Crippen LogP contribution in [-0.2, 0) is 4.79 Å². The first kappa shape index (κ1) is 17.0. The molecule has 0 bridgehead atoms. The van der Waals surface area contributed by atoms with Gasteiger partial charge in [-0.3, -0.25) is 4.79 Å². The quantitative estimate of drug-likeness (QED) is 0.738. The molecule has 0 aromatic heterocycles. The van der Waals surface area contributed by atoms with Crippen LogP contribution in [-0.4, -0.2) is 5.91 Å². The molecule has 0 spiro atoms. The molecule has 1 amide bonds. The maximum Gasteiger partial charge on any atom is 0.227 e. The van der Waals surface area contributed by atoms with Crippen molar-refractivity contribution in [3.05, 3.63) is 65.2 Å². The SMILES string of the molecule is CC(C(=O)Nc1ccc(Cl)cc1)[C@H]1CC[C@@H](c2ccccc2)CC1. The van der Waals surface area contributed by atoms with Crippen LogP contribution in [0.1, 0.15) is 44.1 Å². The molecule has 2 nitrogen and oxygen atoms in total. The van der Waals surface area contributed by atoms with Gasteiger partial charge in [-0.15, -0.1) is 0 Å². The minimum atomic E-state index is 0.0393. The van der Waals surface area contributed by atoms with Crippen LogP contribution in [0.5, 0.6) is 0 Å². The predicted molar refractivity (Wildman–Crippen MR) is 100 cm³/mol. The van der Waals surface area contributed by atoms with E-state index in [1.807, 2.05) is 12.1 Å². The Morgan fingerprint density at radius 1 is 1.00 bits per heavy atom. The molecule has 0 saturated heterocycles. The Morgan fingerprint density at radius 2 is 1.62 bits per heavy atom. The molecule has 0 heterocycles. The monoisotopic (exact) mass is 341 g/mol. The highest BCUT2D eigenvalue weighted by molar-refractivity contribution is 6.30. The number of rotatable bonds is 4. The van der Waals surface area contributed by atoms with E-state index in [1.54, 1.807) is 12.1 Å². The van der Waals surface area contributed by atoms with E-state index in [1.165, 1.54) is 18.4 Å². The zero-order valence-corrected chi connectivity index (χ0v) is 14.8. The number of carbonyl (C=O) groups is 1. The van der Waals surface area contributed by atoms with Gasteiger partial charge in [-0.05, 0) is 67.3 Å². The lowest BCUT2D eigenvalue weighted by Gasteiger charge is -2.32. The van der Waals surface area contributed by atoms with Gasteiger partial charge in [0.2, 0.25) is 5.91 Å². The molecule has 126 valence electrons.